The fraction of sp³-hybridized carbons (Fsp3) is 0.261. The summed E-state index contributed by atoms with van der Waals surface area (Å²) in [5.41, 5.74) is 2.14. The minimum atomic E-state index is -1.76. The van der Waals surface area contributed by atoms with Crippen LogP contribution in [0.1, 0.15) is 23.7 Å². The molecule has 35 heavy (non-hydrogen) atoms. The standard InChI is InChI=1S/C23H19B3N6O2S/c1-14(34-23(24,25)26)12-33-16-6-7-19(31-11-16)20-17(9-27)21(29-2)32-22(18(20)10-28)35-13-15-5-3-4-8-30-15/h3-8,11,14H,12-13H2,1-2H3,(H,29,32). The normalized spacial score (nSPS) is 11.8. The van der Waals surface area contributed by atoms with Crippen molar-refractivity contribution in [2.45, 2.75) is 29.1 Å². The average molecular weight is 476 g/mol. The second-order valence-electron chi connectivity index (χ2n) is 7.45. The van der Waals surface area contributed by atoms with Crippen LogP contribution in [0.2, 0.25) is 0 Å². The Hall–Kier alpha value is -3.47. The van der Waals surface area contributed by atoms with Crippen LogP contribution in [-0.2, 0) is 10.5 Å². The van der Waals surface area contributed by atoms with Crippen molar-refractivity contribution in [3.05, 3.63) is 59.5 Å². The maximum atomic E-state index is 9.99. The third kappa shape index (κ3) is 7.01. The lowest BCUT2D eigenvalue weighted by Crippen LogP contribution is -2.39. The Morgan fingerprint density at radius 2 is 1.89 bits per heavy atom. The summed E-state index contributed by atoms with van der Waals surface area (Å²) in [5.74, 6) is 1.31. The summed E-state index contributed by atoms with van der Waals surface area (Å²) < 4.78 is 10.9. The molecule has 0 aliphatic rings. The number of rotatable bonds is 10. The molecule has 12 heteroatoms. The molecule has 168 valence electrons. The van der Waals surface area contributed by atoms with Crippen molar-refractivity contribution >= 4 is 41.1 Å². The average Bonchev–Trinajstić information content (AvgIpc) is 2.85. The lowest BCUT2D eigenvalue weighted by atomic mass is 9.52. The van der Waals surface area contributed by atoms with E-state index in [4.69, 9.17) is 33.0 Å². The van der Waals surface area contributed by atoms with Crippen LogP contribution in [-0.4, -0.2) is 63.5 Å². The topological polar surface area (TPSA) is 117 Å². The first-order valence-electron chi connectivity index (χ1n) is 10.5. The van der Waals surface area contributed by atoms with Crippen molar-refractivity contribution in [2.75, 3.05) is 19.0 Å². The van der Waals surface area contributed by atoms with Gasteiger partial charge in [0.25, 0.3) is 0 Å². The van der Waals surface area contributed by atoms with Gasteiger partial charge in [0.1, 0.15) is 40.9 Å². The zero-order valence-electron chi connectivity index (χ0n) is 19.2. The van der Waals surface area contributed by atoms with E-state index in [1.165, 1.54) is 18.0 Å². The molecule has 1 atom stereocenters. The van der Waals surface area contributed by atoms with E-state index in [9.17, 15) is 10.5 Å². The maximum Gasteiger partial charge on any atom is 0.145 e. The summed E-state index contributed by atoms with van der Waals surface area (Å²) in [6.07, 6.45) is 2.73. The molecule has 3 aromatic rings. The van der Waals surface area contributed by atoms with Crippen LogP contribution in [0.15, 0.2) is 47.8 Å². The minimum Gasteiger partial charge on any atom is -0.489 e. The highest BCUT2D eigenvalue weighted by atomic mass is 32.2. The Morgan fingerprint density at radius 1 is 1.11 bits per heavy atom. The zero-order valence-corrected chi connectivity index (χ0v) is 20.0. The summed E-state index contributed by atoms with van der Waals surface area (Å²) in [6, 6.07) is 13.3. The van der Waals surface area contributed by atoms with Gasteiger partial charge >= 0.3 is 0 Å². The highest BCUT2D eigenvalue weighted by molar-refractivity contribution is 7.98. The summed E-state index contributed by atoms with van der Waals surface area (Å²) in [7, 11) is 18.0. The molecule has 1 N–H and O–H groups in total. The van der Waals surface area contributed by atoms with Crippen LogP contribution in [0.4, 0.5) is 5.82 Å². The number of pyridine rings is 3. The van der Waals surface area contributed by atoms with Crippen LogP contribution < -0.4 is 10.1 Å². The van der Waals surface area contributed by atoms with Gasteiger partial charge in [-0.05, 0) is 36.5 Å². The zero-order chi connectivity index (χ0) is 25.4. The lowest BCUT2D eigenvalue weighted by Gasteiger charge is -2.26. The summed E-state index contributed by atoms with van der Waals surface area (Å²) in [5, 5.41) is 21.5. The van der Waals surface area contributed by atoms with Gasteiger partial charge in [-0.1, -0.05) is 17.8 Å². The molecule has 0 spiro atoms. The molecule has 6 radical (unpaired) electrons. The summed E-state index contributed by atoms with van der Waals surface area (Å²) in [4.78, 5) is 13.3. The van der Waals surface area contributed by atoms with Crippen molar-refractivity contribution in [3.63, 3.8) is 0 Å². The van der Waals surface area contributed by atoms with E-state index < -0.39 is 11.4 Å². The fourth-order valence-electron chi connectivity index (χ4n) is 3.15. The first-order chi connectivity index (χ1) is 16.8. The van der Waals surface area contributed by atoms with Gasteiger partial charge in [0, 0.05) is 24.6 Å². The van der Waals surface area contributed by atoms with Crippen molar-refractivity contribution in [2.24, 2.45) is 0 Å². The van der Waals surface area contributed by atoms with Gasteiger partial charge in [0.05, 0.1) is 52.8 Å². The third-order valence-electron chi connectivity index (χ3n) is 4.59. The number of anilines is 1. The number of aromatic nitrogens is 3. The van der Waals surface area contributed by atoms with E-state index >= 15 is 0 Å². The monoisotopic (exact) mass is 476 g/mol. The molecule has 0 aliphatic carbocycles. The maximum absolute atomic E-state index is 9.99. The highest BCUT2D eigenvalue weighted by Gasteiger charge is 2.22. The predicted octanol–water partition coefficient (Wildman–Crippen LogP) is 2.52. The Labute approximate surface area is 212 Å². The van der Waals surface area contributed by atoms with Crippen molar-refractivity contribution in [1.29, 1.82) is 10.5 Å². The largest absolute Gasteiger partial charge is 0.489 e. The predicted molar refractivity (Wildman–Crippen MR) is 136 cm³/mol. The van der Waals surface area contributed by atoms with E-state index in [0.717, 1.165) is 5.69 Å². The van der Waals surface area contributed by atoms with Crippen LogP contribution in [0.5, 0.6) is 5.75 Å². The Kier molecular flexibility index (Phi) is 8.81. The van der Waals surface area contributed by atoms with Gasteiger partial charge in [-0.15, -0.1) is 0 Å². The number of hydrogen-bond acceptors (Lipinski definition) is 9. The first-order valence-corrected chi connectivity index (χ1v) is 11.5. The molecule has 0 aliphatic heterocycles. The molecule has 3 rings (SSSR count). The molecule has 0 saturated heterocycles. The van der Waals surface area contributed by atoms with Crippen LogP contribution >= 0.6 is 11.8 Å². The van der Waals surface area contributed by atoms with E-state index in [-0.39, 0.29) is 17.7 Å². The van der Waals surface area contributed by atoms with Crippen LogP contribution in [0.3, 0.4) is 0 Å². The molecule has 3 heterocycles. The van der Waals surface area contributed by atoms with E-state index in [1.807, 2.05) is 18.2 Å². The van der Waals surface area contributed by atoms with E-state index in [2.05, 4.69) is 32.4 Å². The number of nitrogens with zero attached hydrogens (tertiary/aromatic N) is 5. The quantitative estimate of drug-likeness (QED) is 0.348. The Balaban J connectivity index is 1.91. The molecule has 0 amide bonds. The fourth-order valence-corrected chi connectivity index (χ4v) is 4.06. The minimum absolute atomic E-state index is 0.134. The van der Waals surface area contributed by atoms with Gasteiger partial charge in [0.2, 0.25) is 0 Å². The van der Waals surface area contributed by atoms with E-state index in [1.54, 1.807) is 32.3 Å². The number of thioether (sulfide) groups is 1. The lowest BCUT2D eigenvalue weighted by molar-refractivity contribution is 0.0264. The summed E-state index contributed by atoms with van der Waals surface area (Å²) in [6.45, 7) is 1.84. The highest BCUT2D eigenvalue weighted by Crippen LogP contribution is 2.36. The molecule has 1 unspecified atom stereocenters. The molecule has 0 bridgehead atoms. The second-order valence-corrected chi connectivity index (χ2v) is 8.41. The summed E-state index contributed by atoms with van der Waals surface area (Å²) >= 11 is 1.36. The first kappa shape index (κ1) is 26.1. The molecule has 8 nitrogen and oxygen atoms in total. The van der Waals surface area contributed by atoms with Gasteiger partial charge in [0.15, 0.2) is 0 Å². The third-order valence-corrected chi connectivity index (χ3v) is 5.60. The van der Waals surface area contributed by atoms with E-state index in [0.29, 0.717) is 33.6 Å². The molecule has 0 fully saturated rings. The Morgan fingerprint density at radius 3 is 2.46 bits per heavy atom. The molecular weight excluding hydrogens is 457 g/mol. The smallest absolute Gasteiger partial charge is 0.145 e. The van der Waals surface area contributed by atoms with Gasteiger partial charge in [-0.3, -0.25) is 9.97 Å². The van der Waals surface area contributed by atoms with Crippen molar-refractivity contribution in [1.82, 2.24) is 15.0 Å². The van der Waals surface area contributed by atoms with Crippen molar-refractivity contribution < 1.29 is 9.47 Å². The molecule has 0 saturated carbocycles. The number of nitrogens with one attached hydrogen (secondary N) is 1. The number of hydrogen-bond donors (Lipinski definition) is 1. The van der Waals surface area contributed by atoms with Gasteiger partial charge in [-0.25, -0.2) is 4.98 Å². The SMILES string of the molecule is [B]C([B])([B])OC(C)COc1ccc(-c2c(C#N)c(NC)nc(SCc3ccccn3)c2C#N)nc1. The molecule has 0 aromatic carbocycles. The molecule has 3 aromatic heterocycles. The van der Waals surface area contributed by atoms with Crippen LogP contribution in [0, 0.1) is 22.7 Å². The van der Waals surface area contributed by atoms with Gasteiger partial charge < -0.3 is 14.8 Å². The Bertz CT molecular complexity index is 1240. The van der Waals surface area contributed by atoms with Crippen LogP contribution in [0.25, 0.3) is 11.3 Å². The number of nitriles is 2. The number of ether oxygens (including phenoxy) is 2. The molecular formula is C23H19B3N6O2S. The van der Waals surface area contributed by atoms with Crippen molar-refractivity contribution in [3.8, 4) is 29.1 Å². The van der Waals surface area contributed by atoms with Gasteiger partial charge in [-0.2, -0.15) is 10.5 Å². The second kappa shape index (κ2) is 11.8.